The van der Waals surface area contributed by atoms with Crippen molar-refractivity contribution >= 4 is 22.9 Å². The van der Waals surface area contributed by atoms with Gasteiger partial charge in [-0.25, -0.2) is 9.97 Å². The molecule has 0 saturated carbocycles. The molecule has 0 spiro atoms. The molecule has 1 N–H and O–H groups in total. The molecular weight excluding hydrogens is 162 g/mol. The topological polar surface area (TPSA) is 54.9 Å². The third-order valence-electron chi connectivity index (χ3n) is 0.965. The standard InChI is InChI=1S/C6H7N3OS/c1-11-6(10)9-5-7-3-2-4-8-5/h2-4H,1H3,(H,7,8,9,10). The minimum absolute atomic E-state index is 0.156. The summed E-state index contributed by atoms with van der Waals surface area (Å²) in [4.78, 5) is 18.4. The molecular formula is C6H7N3OS. The number of rotatable bonds is 1. The third kappa shape index (κ3) is 2.55. The minimum Gasteiger partial charge on any atom is -0.285 e. The number of nitrogens with one attached hydrogen (secondary N) is 1. The number of aromatic nitrogens is 2. The molecule has 0 atom stereocenters. The Labute approximate surface area is 68.4 Å². The molecule has 0 bridgehead atoms. The van der Waals surface area contributed by atoms with Gasteiger partial charge in [0.05, 0.1) is 0 Å². The van der Waals surface area contributed by atoms with Crippen LogP contribution in [0.25, 0.3) is 0 Å². The molecule has 1 heterocycles. The summed E-state index contributed by atoms with van der Waals surface area (Å²) in [6.07, 6.45) is 4.84. The molecule has 5 heteroatoms. The van der Waals surface area contributed by atoms with Gasteiger partial charge in [0, 0.05) is 12.4 Å². The van der Waals surface area contributed by atoms with E-state index in [1.807, 2.05) is 0 Å². The maximum atomic E-state index is 10.8. The molecule has 1 aromatic heterocycles. The van der Waals surface area contributed by atoms with Crippen molar-refractivity contribution in [3.05, 3.63) is 18.5 Å². The number of amides is 1. The number of hydrogen-bond acceptors (Lipinski definition) is 4. The van der Waals surface area contributed by atoms with E-state index in [0.717, 1.165) is 11.8 Å². The van der Waals surface area contributed by atoms with Crippen molar-refractivity contribution in [2.24, 2.45) is 0 Å². The molecule has 0 saturated heterocycles. The second-order valence-corrected chi connectivity index (χ2v) is 2.47. The van der Waals surface area contributed by atoms with Crippen LogP contribution in [0, 0.1) is 0 Å². The van der Waals surface area contributed by atoms with Gasteiger partial charge in [-0.05, 0) is 12.3 Å². The van der Waals surface area contributed by atoms with Gasteiger partial charge < -0.3 is 0 Å². The predicted molar refractivity (Wildman–Crippen MR) is 44.6 cm³/mol. The Bertz CT molecular complexity index is 239. The zero-order valence-corrected chi connectivity index (χ0v) is 6.76. The first-order valence-electron chi connectivity index (χ1n) is 2.95. The Morgan fingerprint density at radius 2 is 2.18 bits per heavy atom. The first kappa shape index (κ1) is 8.00. The van der Waals surface area contributed by atoms with Gasteiger partial charge >= 0.3 is 0 Å². The lowest BCUT2D eigenvalue weighted by molar-refractivity contribution is 0.269. The maximum Gasteiger partial charge on any atom is 0.285 e. The van der Waals surface area contributed by atoms with Crippen LogP contribution in [0.2, 0.25) is 0 Å². The van der Waals surface area contributed by atoms with Crippen molar-refractivity contribution in [2.45, 2.75) is 0 Å². The van der Waals surface area contributed by atoms with E-state index >= 15 is 0 Å². The smallest absolute Gasteiger partial charge is 0.285 e. The molecule has 0 aliphatic rings. The van der Waals surface area contributed by atoms with Gasteiger partial charge in [0.2, 0.25) is 5.95 Å². The summed E-state index contributed by atoms with van der Waals surface area (Å²) in [6.45, 7) is 0. The van der Waals surface area contributed by atoms with Gasteiger partial charge in [-0.1, -0.05) is 11.8 Å². The lowest BCUT2D eigenvalue weighted by Crippen LogP contribution is -2.06. The summed E-state index contributed by atoms with van der Waals surface area (Å²) in [5.41, 5.74) is 0. The molecule has 4 nitrogen and oxygen atoms in total. The Morgan fingerprint density at radius 1 is 1.55 bits per heavy atom. The lowest BCUT2D eigenvalue weighted by Gasteiger charge is -1.97. The van der Waals surface area contributed by atoms with Gasteiger partial charge in [0.1, 0.15) is 0 Å². The van der Waals surface area contributed by atoms with E-state index in [4.69, 9.17) is 0 Å². The molecule has 1 amide bonds. The number of nitrogens with zero attached hydrogens (tertiary/aromatic N) is 2. The van der Waals surface area contributed by atoms with Gasteiger partial charge in [0.25, 0.3) is 5.24 Å². The zero-order valence-electron chi connectivity index (χ0n) is 5.94. The normalized spacial score (nSPS) is 9.18. The van der Waals surface area contributed by atoms with E-state index in [1.165, 1.54) is 0 Å². The first-order valence-corrected chi connectivity index (χ1v) is 4.17. The van der Waals surface area contributed by atoms with Crippen molar-refractivity contribution in [1.29, 1.82) is 0 Å². The van der Waals surface area contributed by atoms with Crippen molar-refractivity contribution in [2.75, 3.05) is 11.6 Å². The zero-order chi connectivity index (χ0) is 8.10. The Hall–Kier alpha value is -1.10. The van der Waals surface area contributed by atoms with Crippen LogP contribution in [-0.4, -0.2) is 21.5 Å². The summed E-state index contributed by atoms with van der Waals surface area (Å²) in [5.74, 6) is 0.340. The highest BCUT2D eigenvalue weighted by molar-refractivity contribution is 8.13. The van der Waals surface area contributed by atoms with E-state index in [0.29, 0.717) is 5.95 Å². The van der Waals surface area contributed by atoms with E-state index in [9.17, 15) is 4.79 Å². The second kappa shape index (κ2) is 3.92. The fraction of sp³-hybridized carbons (Fsp3) is 0.167. The Kier molecular flexibility index (Phi) is 2.85. The fourth-order valence-corrected chi connectivity index (χ4v) is 0.699. The average molecular weight is 169 g/mol. The molecule has 0 unspecified atom stereocenters. The molecule has 0 fully saturated rings. The number of carbonyl (C=O) groups is 1. The van der Waals surface area contributed by atoms with Crippen molar-refractivity contribution in [3.63, 3.8) is 0 Å². The second-order valence-electron chi connectivity index (χ2n) is 1.69. The fourth-order valence-electron chi connectivity index (χ4n) is 0.506. The number of anilines is 1. The Morgan fingerprint density at radius 3 is 2.73 bits per heavy atom. The van der Waals surface area contributed by atoms with Crippen LogP contribution in [0.5, 0.6) is 0 Å². The molecule has 11 heavy (non-hydrogen) atoms. The van der Waals surface area contributed by atoms with Gasteiger partial charge in [-0.15, -0.1) is 0 Å². The van der Waals surface area contributed by atoms with Crippen LogP contribution in [-0.2, 0) is 0 Å². The Balaban J connectivity index is 2.58. The van der Waals surface area contributed by atoms with Crippen LogP contribution in [0.1, 0.15) is 0 Å². The quantitative estimate of drug-likeness (QED) is 0.689. The number of thioether (sulfide) groups is 1. The van der Waals surface area contributed by atoms with Crippen LogP contribution < -0.4 is 5.32 Å². The molecule has 0 aromatic carbocycles. The molecule has 1 rings (SSSR count). The van der Waals surface area contributed by atoms with Crippen LogP contribution in [0.15, 0.2) is 18.5 Å². The van der Waals surface area contributed by atoms with E-state index in [2.05, 4.69) is 15.3 Å². The van der Waals surface area contributed by atoms with Crippen molar-refractivity contribution in [1.82, 2.24) is 9.97 Å². The van der Waals surface area contributed by atoms with Gasteiger partial charge in [-0.2, -0.15) is 0 Å². The summed E-state index contributed by atoms with van der Waals surface area (Å²) in [5, 5.41) is 2.34. The lowest BCUT2D eigenvalue weighted by atomic mass is 10.7. The summed E-state index contributed by atoms with van der Waals surface area (Å²) < 4.78 is 0. The van der Waals surface area contributed by atoms with E-state index < -0.39 is 0 Å². The van der Waals surface area contributed by atoms with Gasteiger partial charge in [-0.3, -0.25) is 10.1 Å². The molecule has 0 aliphatic carbocycles. The van der Waals surface area contributed by atoms with Crippen LogP contribution in [0.4, 0.5) is 10.7 Å². The summed E-state index contributed by atoms with van der Waals surface area (Å²) in [6, 6.07) is 1.69. The number of carbonyl (C=O) groups excluding carboxylic acids is 1. The minimum atomic E-state index is -0.156. The van der Waals surface area contributed by atoms with E-state index in [-0.39, 0.29) is 5.24 Å². The average Bonchev–Trinajstić information content (AvgIpc) is 2.06. The maximum absolute atomic E-state index is 10.8. The summed E-state index contributed by atoms with van der Waals surface area (Å²) >= 11 is 1.09. The third-order valence-corrected chi connectivity index (χ3v) is 1.44. The highest BCUT2D eigenvalue weighted by Gasteiger charge is 1.98. The SMILES string of the molecule is CSC(=O)Nc1ncccn1. The molecule has 58 valence electrons. The van der Waals surface area contributed by atoms with Crippen LogP contribution >= 0.6 is 11.8 Å². The molecule has 1 aromatic rings. The van der Waals surface area contributed by atoms with Crippen LogP contribution in [0.3, 0.4) is 0 Å². The van der Waals surface area contributed by atoms with Crippen molar-refractivity contribution < 1.29 is 4.79 Å². The molecule has 0 radical (unpaired) electrons. The monoisotopic (exact) mass is 169 g/mol. The largest absolute Gasteiger partial charge is 0.285 e. The summed E-state index contributed by atoms with van der Waals surface area (Å²) in [7, 11) is 0. The number of hydrogen-bond donors (Lipinski definition) is 1. The highest BCUT2D eigenvalue weighted by Crippen LogP contribution is 2.00. The van der Waals surface area contributed by atoms with Gasteiger partial charge in [0.15, 0.2) is 0 Å². The highest BCUT2D eigenvalue weighted by atomic mass is 32.2. The predicted octanol–water partition coefficient (Wildman–Crippen LogP) is 1.37. The van der Waals surface area contributed by atoms with E-state index in [1.54, 1.807) is 24.7 Å². The molecule has 0 aliphatic heterocycles. The van der Waals surface area contributed by atoms with Crippen molar-refractivity contribution in [3.8, 4) is 0 Å². The first-order chi connectivity index (χ1) is 5.33.